The molecule has 0 saturated carbocycles. The summed E-state index contributed by atoms with van der Waals surface area (Å²) in [5.41, 5.74) is 6.09. The van der Waals surface area contributed by atoms with Gasteiger partial charge >= 0.3 is 0 Å². The molecule has 1 unspecified atom stereocenters. The first-order chi connectivity index (χ1) is 9.56. The van der Waals surface area contributed by atoms with Crippen molar-refractivity contribution in [3.8, 4) is 5.75 Å². The Morgan fingerprint density at radius 3 is 2.50 bits per heavy atom. The fraction of sp³-hybridized carbons (Fsp3) is 0.250. The number of nitrogens with one attached hydrogen (secondary N) is 1. The van der Waals surface area contributed by atoms with Gasteiger partial charge in [-0.25, -0.2) is 9.82 Å². The number of hydrogen-bond donors (Lipinski definition) is 2. The Kier molecular flexibility index (Phi) is 4.37. The molecule has 0 aliphatic carbocycles. The van der Waals surface area contributed by atoms with E-state index in [1.807, 2.05) is 31.2 Å². The predicted octanol–water partition coefficient (Wildman–Crippen LogP) is 3.00. The number of hydrazine groups is 1. The maximum absolute atomic E-state index is 13.8. The van der Waals surface area contributed by atoms with Crippen molar-refractivity contribution >= 4 is 0 Å². The van der Waals surface area contributed by atoms with Gasteiger partial charge in [0.25, 0.3) is 0 Å². The molecule has 0 fully saturated rings. The van der Waals surface area contributed by atoms with Crippen molar-refractivity contribution in [2.24, 2.45) is 5.84 Å². The molecule has 0 aromatic heterocycles. The minimum atomic E-state index is -0.319. The lowest BCUT2D eigenvalue weighted by molar-refractivity contribution is 0.404. The largest absolute Gasteiger partial charge is 0.496 e. The summed E-state index contributed by atoms with van der Waals surface area (Å²) in [6.45, 7) is 3.73. The zero-order chi connectivity index (χ0) is 14.7. The van der Waals surface area contributed by atoms with Crippen molar-refractivity contribution in [1.29, 1.82) is 0 Å². The van der Waals surface area contributed by atoms with Crippen LogP contribution in [0.3, 0.4) is 0 Å². The number of rotatable bonds is 4. The van der Waals surface area contributed by atoms with Crippen LogP contribution in [0.2, 0.25) is 0 Å². The smallest absolute Gasteiger partial charge is 0.126 e. The van der Waals surface area contributed by atoms with Crippen LogP contribution in [0.4, 0.5) is 4.39 Å². The van der Waals surface area contributed by atoms with Crippen molar-refractivity contribution in [3.63, 3.8) is 0 Å². The van der Waals surface area contributed by atoms with Gasteiger partial charge < -0.3 is 4.74 Å². The Morgan fingerprint density at radius 2 is 1.90 bits per heavy atom. The first kappa shape index (κ1) is 14.5. The zero-order valence-electron chi connectivity index (χ0n) is 11.9. The Labute approximate surface area is 118 Å². The number of aryl methyl sites for hydroxylation is 2. The monoisotopic (exact) mass is 274 g/mol. The van der Waals surface area contributed by atoms with Crippen LogP contribution in [0.5, 0.6) is 5.75 Å². The van der Waals surface area contributed by atoms with E-state index in [4.69, 9.17) is 10.6 Å². The lowest BCUT2D eigenvalue weighted by Gasteiger charge is -2.20. The Bertz CT molecular complexity index is 613. The zero-order valence-corrected chi connectivity index (χ0v) is 11.9. The summed E-state index contributed by atoms with van der Waals surface area (Å²) in [6, 6.07) is 10.6. The van der Waals surface area contributed by atoms with Crippen LogP contribution < -0.4 is 16.0 Å². The second kappa shape index (κ2) is 6.03. The molecule has 2 rings (SSSR count). The summed E-state index contributed by atoms with van der Waals surface area (Å²) in [5.74, 6) is 6.15. The molecule has 0 amide bonds. The van der Waals surface area contributed by atoms with Gasteiger partial charge in [0.05, 0.1) is 13.2 Å². The van der Waals surface area contributed by atoms with Gasteiger partial charge in [-0.2, -0.15) is 0 Å². The average Bonchev–Trinajstić information content (AvgIpc) is 2.44. The van der Waals surface area contributed by atoms with E-state index < -0.39 is 0 Å². The number of halogens is 1. The van der Waals surface area contributed by atoms with E-state index in [9.17, 15) is 4.39 Å². The van der Waals surface area contributed by atoms with E-state index in [2.05, 4.69) is 5.43 Å². The number of methoxy groups -OCH3 is 1. The van der Waals surface area contributed by atoms with Crippen molar-refractivity contribution in [3.05, 3.63) is 64.5 Å². The van der Waals surface area contributed by atoms with Gasteiger partial charge in [0.15, 0.2) is 0 Å². The van der Waals surface area contributed by atoms with Crippen LogP contribution in [0.1, 0.15) is 28.3 Å². The number of ether oxygens (including phenoxy) is 1. The first-order valence-corrected chi connectivity index (χ1v) is 6.43. The third-order valence-corrected chi connectivity index (χ3v) is 3.39. The van der Waals surface area contributed by atoms with E-state index in [-0.39, 0.29) is 11.9 Å². The van der Waals surface area contributed by atoms with Crippen LogP contribution >= 0.6 is 0 Å². The summed E-state index contributed by atoms with van der Waals surface area (Å²) in [4.78, 5) is 0. The molecular formula is C16H19FN2O. The minimum absolute atomic E-state index is 0.241. The van der Waals surface area contributed by atoms with Gasteiger partial charge in [0.2, 0.25) is 0 Å². The highest BCUT2D eigenvalue weighted by atomic mass is 19.1. The number of nitrogens with two attached hydrogens (primary N) is 1. The molecule has 0 aliphatic rings. The molecule has 0 heterocycles. The van der Waals surface area contributed by atoms with Crippen molar-refractivity contribution in [2.45, 2.75) is 19.9 Å². The van der Waals surface area contributed by atoms with Crippen LogP contribution in [0.25, 0.3) is 0 Å². The maximum atomic E-state index is 13.8. The lowest BCUT2D eigenvalue weighted by atomic mass is 9.96. The van der Waals surface area contributed by atoms with Crippen molar-refractivity contribution in [2.75, 3.05) is 7.11 Å². The molecule has 3 nitrogen and oxygen atoms in total. The van der Waals surface area contributed by atoms with Crippen LogP contribution in [0, 0.1) is 19.7 Å². The Morgan fingerprint density at radius 1 is 1.15 bits per heavy atom. The third kappa shape index (κ3) is 2.81. The van der Waals surface area contributed by atoms with E-state index >= 15 is 0 Å². The molecule has 20 heavy (non-hydrogen) atoms. The Balaban J connectivity index is 2.51. The summed E-state index contributed by atoms with van der Waals surface area (Å²) in [7, 11) is 1.61. The third-order valence-electron chi connectivity index (χ3n) is 3.39. The van der Waals surface area contributed by atoms with Gasteiger partial charge in [-0.1, -0.05) is 29.8 Å². The molecule has 0 spiro atoms. The molecule has 3 N–H and O–H groups in total. The fourth-order valence-corrected chi connectivity index (χ4v) is 2.23. The Hall–Kier alpha value is -1.91. The predicted molar refractivity (Wildman–Crippen MR) is 78.0 cm³/mol. The molecule has 1 atom stereocenters. The van der Waals surface area contributed by atoms with Crippen molar-refractivity contribution in [1.82, 2.24) is 5.43 Å². The maximum Gasteiger partial charge on any atom is 0.126 e. The van der Waals surface area contributed by atoms with Gasteiger partial charge in [-0.15, -0.1) is 0 Å². The molecule has 0 aliphatic heterocycles. The average molecular weight is 274 g/mol. The van der Waals surface area contributed by atoms with E-state index in [1.165, 1.54) is 6.07 Å². The molecule has 2 aromatic rings. The second-order valence-electron chi connectivity index (χ2n) is 4.85. The molecular weight excluding hydrogens is 255 g/mol. The normalized spacial score (nSPS) is 12.2. The minimum Gasteiger partial charge on any atom is -0.496 e. The highest BCUT2D eigenvalue weighted by molar-refractivity contribution is 5.44. The number of benzene rings is 2. The number of hydrogen-bond acceptors (Lipinski definition) is 3. The molecule has 0 saturated heterocycles. The summed E-state index contributed by atoms with van der Waals surface area (Å²) in [5, 5.41) is 0. The fourth-order valence-electron chi connectivity index (χ4n) is 2.23. The van der Waals surface area contributed by atoms with Gasteiger partial charge in [0, 0.05) is 5.56 Å². The SMILES string of the molecule is COc1ccc(C)cc1C(NN)c1ccc(C)c(F)c1. The van der Waals surface area contributed by atoms with Crippen LogP contribution in [-0.4, -0.2) is 7.11 Å². The molecule has 106 valence electrons. The van der Waals surface area contributed by atoms with Crippen LogP contribution in [-0.2, 0) is 0 Å². The topological polar surface area (TPSA) is 47.3 Å². The van der Waals surface area contributed by atoms with Gasteiger partial charge in [-0.05, 0) is 37.1 Å². The molecule has 0 radical (unpaired) electrons. The van der Waals surface area contributed by atoms with E-state index in [0.29, 0.717) is 5.56 Å². The molecule has 0 bridgehead atoms. The summed E-state index contributed by atoms with van der Waals surface area (Å²) >= 11 is 0. The van der Waals surface area contributed by atoms with E-state index in [0.717, 1.165) is 22.4 Å². The van der Waals surface area contributed by atoms with Crippen molar-refractivity contribution < 1.29 is 9.13 Å². The van der Waals surface area contributed by atoms with Gasteiger partial charge in [-0.3, -0.25) is 5.84 Å². The lowest BCUT2D eigenvalue weighted by Crippen LogP contribution is -2.29. The highest BCUT2D eigenvalue weighted by Gasteiger charge is 2.18. The second-order valence-corrected chi connectivity index (χ2v) is 4.85. The van der Waals surface area contributed by atoms with Gasteiger partial charge in [0.1, 0.15) is 11.6 Å². The van der Waals surface area contributed by atoms with Crippen LogP contribution in [0.15, 0.2) is 36.4 Å². The van der Waals surface area contributed by atoms with E-state index in [1.54, 1.807) is 20.1 Å². The summed E-state index contributed by atoms with van der Waals surface area (Å²) in [6.07, 6.45) is 0. The highest BCUT2D eigenvalue weighted by Crippen LogP contribution is 2.31. The molecule has 2 aromatic carbocycles. The first-order valence-electron chi connectivity index (χ1n) is 6.43. The quantitative estimate of drug-likeness (QED) is 0.665. The standard InChI is InChI=1S/C16H19FN2O/c1-10-4-7-15(20-3)13(8-10)16(19-18)12-6-5-11(2)14(17)9-12/h4-9,16,19H,18H2,1-3H3. The summed E-state index contributed by atoms with van der Waals surface area (Å²) < 4.78 is 19.1. The molecule has 4 heteroatoms.